The summed E-state index contributed by atoms with van der Waals surface area (Å²) in [6, 6.07) is 38.0. The summed E-state index contributed by atoms with van der Waals surface area (Å²) in [5.74, 6) is -1.11. The average molecular weight is 726 g/mol. The first kappa shape index (κ1) is 36.8. The van der Waals surface area contributed by atoms with Crippen molar-refractivity contribution in [2.45, 2.75) is 70.9 Å². The van der Waals surface area contributed by atoms with E-state index in [-0.39, 0.29) is 34.6 Å². The second kappa shape index (κ2) is 15.4. The van der Waals surface area contributed by atoms with Gasteiger partial charge in [-0.25, -0.2) is 0 Å². The lowest BCUT2D eigenvalue weighted by atomic mass is 9.69. The van der Waals surface area contributed by atoms with E-state index in [4.69, 9.17) is 9.16 Å². The quantitative estimate of drug-likeness (QED) is 0.0902. The second-order valence-corrected chi connectivity index (χ2v) is 20.1. The number of phenols is 1. The van der Waals surface area contributed by atoms with Crippen LogP contribution < -0.4 is 15.3 Å². The van der Waals surface area contributed by atoms with Gasteiger partial charge in [0.25, 0.3) is 8.32 Å². The number of hydrogen-bond donors (Lipinski definition) is 1. The zero-order valence-electron chi connectivity index (χ0n) is 31.3. The van der Waals surface area contributed by atoms with E-state index in [1.165, 1.54) is 20.8 Å². The van der Waals surface area contributed by atoms with Gasteiger partial charge in [0.1, 0.15) is 5.75 Å². The highest BCUT2D eigenvalue weighted by Gasteiger charge is 2.58. The third-order valence-corrected chi connectivity index (χ3v) is 16.4. The summed E-state index contributed by atoms with van der Waals surface area (Å²) >= 11 is 0. The zero-order chi connectivity index (χ0) is 37.2. The van der Waals surface area contributed by atoms with Gasteiger partial charge in [-0.05, 0) is 82.1 Å². The summed E-state index contributed by atoms with van der Waals surface area (Å²) in [4.78, 5) is 29.9. The van der Waals surface area contributed by atoms with Gasteiger partial charge in [0, 0.05) is 5.92 Å². The molecule has 2 aliphatic heterocycles. The minimum atomic E-state index is -2.89. The van der Waals surface area contributed by atoms with Crippen LogP contribution in [0.3, 0.4) is 0 Å². The molecular weight excluding hydrogens is 675 g/mol. The van der Waals surface area contributed by atoms with Crippen molar-refractivity contribution in [1.29, 1.82) is 0 Å². The van der Waals surface area contributed by atoms with Crippen molar-refractivity contribution in [1.82, 2.24) is 0 Å². The van der Waals surface area contributed by atoms with Gasteiger partial charge in [0.15, 0.2) is 0 Å². The SMILES string of the molecule is CCC/C(=C\c1cccc(O)c1)CC[C@H]1OC[C@H]2C1=C(CO[Si](c1ccccc1)(c1ccccc1)C(C)(C)C)C[C@H]1C(=O)N(c3ccccc3)C(=O)[C@H]12. The predicted molar refractivity (Wildman–Crippen MR) is 215 cm³/mol. The highest BCUT2D eigenvalue weighted by atomic mass is 28.4. The Morgan fingerprint density at radius 1 is 0.849 bits per heavy atom. The molecule has 0 unspecified atom stereocenters. The van der Waals surface area contributed by atoms with E-state index >= 15 is 0 Å². The summed E-state index contributed by atoms with van der Waals surface area (Å²) < 4.78 is 14.2. The van der Waals surface area contributed by atoms with Crippen molar-refractivity contribution in [3.63, 3.8) is 0 Å². The van der Waals surface area contributed by atoms with Crippen LogP contribution in [0.25, 0.3) is 6.08 Å². The molecule has 2 amide bonds. The molecule has 2 saturated heterocycles. The lowest BCUT2D eigenvalue weighted by Gasteiger charge is -2.44. The molecule has 0 spiro atoms. The number of imide groups is 1. The van der Waals surface area contributed by atoms with Gasteiger partial charge < -0.3 is 14.3 Å². The fraction of sp³-hybridized carbons (Fsp3) is 0.348. The molecular formula is C46H51NO5Si. The van der Waals surface area contributed by atoms with Gasteiger partial charge in [-0.1, -0.05) is 137 Å². The number of benzene rings is 4. The highest BCUT2D eigenvalue weighted by molar-refractivity contribution is 6.99. The molecule has 7 heteroatoms. The summed E-state index contributed by atoms with van der Waals surface area (Å²) in [6.07, 6.45) is 6.02. The lowest BCUT2D eigenvalue weighted by Crippen LogP contribution is -2.66. The molecule has 0 bridgehead atoms. The van der Waals surface area contributed by atoms with Crippen LogP contribution in [-0.2, 0) is 18.8 Å². The number of anilines is 1. The van der Waals surface area contributed by atoms with Gasteiger partial charge in [-0.3, -0.25) is 14.5 Å². The minimum absolute atomic E-state index is 0.125. The fourth-order valence-corrected chi connectivity index (χ4v) is 13.7. The van der Waals surface area contributed by atoms with E-state index in [9.17, 15) is 14.7 Å². The Kier molecular flexibility index (Phi) is 10.7. The van der Waals surface area contributed by atoms with Gasteiger partial charge in [-0.2, -0.15) is 0 Å². The number of amides is 2. The van der Waals surface area contributed by atoms with Crippen molar-refractivity contribution < 1.29 is 23.9 Å². The van der Waals surface area contributed by atoms with Crippen molar-refractivity contribution in [2.75, 3.05) is 18.1 Å². The number of para-hydroxylation sites is 1. The topological polar surface area (TPSA) is 76.1 Å². The molecule has 4 aromatic rings. The van der Waals surface area contributed by atoms with E-state index < -0.39 is 20.2 Å². The Balaban J connectivity index is 1.27. The van der Waals surface area contributed by atoms with Crippen LogP contribution in [0.4, 0.5) is 5.69 Å². The van der Waals surface area contributed by atoms with Crippen LogP contribution in [0.2, 0.25) is 5.04 Å². The normalized spacial score (nSPS) is 22.0. The summed E-state index contributed by atoms with van der Waals surface area (Å²) in [6.45, 7) is 9.81. The molecule has 6 nitrogen and oxygen atoms in total. The number of hydrogen-bond acceptors (Lipinski definition) is 5. The fourth-order valence-electron chi connectivity index (χ4n) is 9.15. The predicted octanol–water partition coefficient (Wildman–Crippen LogP) is 8.45. The number of nitrogens with zero attached hydrogens (tertiary/aromatic N) is 1. The molecule has 1 aliphatic carbocycles. The Hall–Kier alpha value is -4.56. The third-order valence-electron chi connectivity index (χ3n) is 11.4. The first-order valence-electron chi connectivity index (χ1n) is 19.1. The molecule has 4 aromatic carbocycles. The number of fused-ring (bicyclic) bond motifs is 3. The number of rotatable bonds is 12. The zero-order valence-corrected chi connectivity index (χ0v) is 32.3. The first-order chi connectivity index (χ1) is 25.6. The highest BCUT2D eigenvalue weighted by Crippen LogP contribution is 2.51. The average Bonchev–Trinajstić information content (AvgIpc) is 3.69. The van der Waals surface area contributed by atoms with E-state index in [0.29, 0.717) is 25.3 Å². The van der Waals surface area contributed by atoms with Crippen LogP contribution in [0.5, 0.6) is 5.75 Å². The van der Waals surface area contributed by atoms with Crippen molar-refractivity contribution in [3.8, 4) is 5.75 Å². The van der Waals surface area contributed by atoms with E-state index in [1.807, 2.05) is 42.5 Å². The number of ether oxygens (including phenoxy) is 1. The van der Waals surface area contributed by atoms with Crippen LogP contribution >= 0.6 is 0 Å². The number of allylic oxidation sites excluding steroid dienone is 1. The Morgan fingerprint density at radius 3 is 2.09 bits per heavy atom. The number of carbonyl (C=O) groups excluding carboxylic acids is 2. The molecule has 7 rings (SSSR count). The maximum atomic E-state index is 14.3. The largest absolute Gasteiger partial charge is 0.508 e. The minimum Gasteiger partial charge on any atom is -0.508 e. The molecule has 0 saturated carbocycles. The van der Waals surface area contributed by atoms with E-state index in [2.05, 4.69) is 94.4 Å². The molecule has 3 aliphatic rings. The summed E-state index contributed by atoms with van der Waals surface area (Å²) in [5.41, 5.74) is 5.17. The van der Waals surface area contributed by atoms with E-state index in [0.717, 1.165) is 42.4 Å². The number of phenolic OH excluding ortho intramolecular Hbond substituents is 1. The van der Waals surface area contributed by atoms with Crippen molar-refractivity contribution >= 4 is 42.3 Å². The second-order valence-electron chi connectivity index (χ2n) is 15.8. The maximum Gasteiger partial charge on any atom is 0.261 e. The molecule has 2 fully saturated rings. The molecule has 274 valence electrons. The van der Waals surface area contributed by atoms with Gasteiger partial charge in [0.05, 0.1) is 36.8 Å². The Morgan fingerprint density at radius 2 is 1.49 bits per heavy atom. The van der Waals surface area contributed by atoms with Crippen LogP contribution in [0.15, 0.2) is 132 Å². The monoisotopic (exact) mass is 725 g/mol. The molecule has 2 heterocycles. The van der Waals surface area contributed by atoms with Gasteiger partial charge in [0.2, 0.25) is 11.8 Å². The first-order valence-corrected chi connectivity index (χ1v) is 21.0. The molecule has 1 N–H and O–H groups in total. The molecule has 4 atom stereocenters. The molecule has 0 aromatic heterocycles. The third kappa shape index (κ3) is 7.10. The number of carbonyl (C=O) groups is 2. The van der Waals surface area contributed by atoms with Crippen LogP contribution in [0, 0.1) is 17.8 Å². The standard InChI is InChI=1S/C46H51NO5Si/c1-5-16-32(27-33-17-15-20-36(48)28-33)25-26-41-42-34(29-39-43(40(42)31-51-41)45(50)47(44(39)49)35-18-9-6-10-19-35)30-52-53(46(2,3)4,37-21-11-7-12-22-37)38-23-13-8-14-24-38/h6-15,17-24,27-28,39-41,43,48H,5,16,25-26,29-31H2,1-4H3/b32-27+/t39-,40+,41-,43-/m1/s1. The Bertz CT molecular complexity index is 1950. The van der Waals surface area contributed by atoms with Crippen molar-refractivity contribution in [3.05, 3.63) is 138 Å². The van der Waals surface area contributed by atoms with Crippen LogP contribution in [0.1, 0.15) is 65.4 Å². The van der Waals surface area contributed by atoms with Crippen LogP contribution in [-0.4, -0.2) is 44.6 Å². The summed E-state index contributed by atoms with van der Waals surface area (Å²) in [5, 5.41) is 12.3. The number of aromatic hydroxyl groups is 1. The lowest BCUT2D eigenvalue weighted by molar-refractivity contribution is -0.122. The molecule has 0 radical (unpaired) electrons. The molecule has 53 heavy (non-hydrogen) atoms. The van der Waals surface area contributed by atoms with Crippen molar-refractivity contribution in [2.24, 2.45) is 17.8 Å². The summed E-state index contributed by atoms with van der Waals surface area (Å²) in [7, 11) is -2.89. The Labute approximate surface area is 315 Å². The smallest absolute Gasteiger partial charge is 0.261 e. The maximum absolute atomic E-state index is 14.3. The van der Waals surface area contributed by atoms with E-state index in [1.54, 1.807) is 12.1 Å². The van der Waals surface area contributed by atoms with Gasteiger partial charge in [-0.15, -0.1) is 0 Å². The van der Waals surface area contributed by atoms with Gasteiger partial charge >= 0.3 is 0 Å².